The van der Waals surface area contributed by atoms with Crippen LogP contribution in [0.25, 0.3) is 10.9 Å². The molecule has 1 heterocycles. The number of allylic oxidation sites excluding steroid dienone is 1. The van der Waals surface area contributed by atoms with Crippen molar-refractivity contribution in [3.05, 3.63) is 48.7 Å². The Balaban J connectivity index is 2.64. The number of nitriles is 1. The normalized spacial score (nSPS) is 9.93. The van der Waals surface area contributed by atoms with Gasteiger partial charge in [-0.2, -0.15) is 5.26 Å². The first-order valence-electron chi connectivity index (χ1n) is 4.45. The van der Waals surface area contributed by atoms with E-state index in [0.29, 0.717) is 5.56 Å². The molecule has 0 amide bonds. The number of hydrogen-bond donors (Lipinski definition) is 0. The lowest BCUT2D eigenvalue weighted by Crippen LogP contribution is -1.91. The predicted octanol–water partition coefficient (Wildman–Crippen LogP) is 2.70. The van der Waals surface area contributed by atoms with Gasteiger partial charge >= 0.3 is 0 Å². The van der Waals surface area contributed by atoms with Crippen LogP contribution in [0, 0.1) is 11.3 Å². The van der Waals surface area contributed by atoms with Crippen LogP contribution in [0.4, 0.5) is 0 Å². The standard InChI is InChI=1S/C12H10N2/c1-2-6-14-7-5-11-4-3-10(9-13)8-12(11)14/h2-5,7-8H,1,6H2. The van der Waals surface area contributed by atoms with Crippen LogP contribution in [0.1, 0.15) is 5.56 Å². The van der Waals surface area contributed by atoms with Crippen molar-refractivity contribution in [1.29, 1.82) is 5.26 Å². The molecule has 0 N–H and O–H groups in total. The van der Waals surface area contributed by atoms with Crippen molar-refractivity contribution in [2.75, 3.05) is 0 Å². The van der Waals surface area contributed by atoms with Gasteiger partial charge in [-0.05, 0) is 23.6 Å². The van der Waals surface area contributed by atoms with Gasteiger partial charge in [0.1, 0.15) is 0 Å². The van der Waals surface area contributed by atoms with Gasteiger partial charge in [0, 0.05) is 18.3 Å². The van der Waals surface area contributed by atoms with Gasteiger partial charge in [0.25, 0.3) is 0 Å². The summed E-state index contributed by atoms with van der Waals surface area (Å²) in [6, 6.07) is 9.88. The van der Waals surface area contributed by atoms with Crippen LogP contribution in [-0.4, -0.2) is 4.57 Å². The first kappa shape index (κ1) is 8.58. The van der Waals surface area contributed by atoms with E-state index < -0.39 is 0 Å². The molecule has 2 nitrogen and oxygen atoms in total. The fourth-order valence-electron chi connectivity index (χ4n) is 1.55. The molecule has 0 spiro atoms. The van der Waals surface area contributed by atoms with Gasteiger partial charge in [-0.25, -0.2) is 0 Å². The largest absolute Gasteiger partial charge is 0.344 e. The third-order valence-electron chi connectivity index (χ3n) is 2.23. The van der Waals surface area contributed by atoms with Crippen molar-refractivity contribution < 1.29 is 0 Å². The molecule has 1 aromatic heterocycles. The highest BCUT2D eigenvalue weighted by atomic mass is 14.9. The second kappa shape index (κ2) is 3.39. The molecule has 0 bridgehead atoms. The Bertz CT molecular complexity index is 515. The Labute approximate surface area is 82.7 Å². The predicted molar refractivity (Wildman–Crippen MR) is 56.9 cm³/mol. The molecule has 0 aliphatic rings. The SMILES string of the molecule is C=CCn1ccc2ccc(C#N)cc21. The average Bonchev–Trinajstić information content (AvgIpc) is 2.61. The third-order valence-corrected chi connectivity index (χ3v) is 2.23. The van der Waals surface area contributed by atoms with Gasteiger partial charge in [0.2, 0.25) is 0 Å². The van der Waals surface area contributed by atoms with Crippen LogP contribution >= 0.6 is 0 Å². The number of rotatable bonds is 2. The molecule has 68 valence electrons. The zero-order valence-electron chi connectivity index (χ0n) is 7.77. The van der Waals surface area contributed by atoms with Crippen LogP contribution in [-0.2, 0) is 6.54 Å². The summed E-state index contributed by atoms with van der Waals surface area (Å²) in [6.07, 6.45) is 3.85. The second-order valence-electron chi connectivity index (χ2n) is 3.14. The Morgan fingerprint density at radius 3 is 3.00 bits per heavy atom. The van der Waals surface area contributed by atoms with Crippen LogP contribution in [0.15, 0.2) is 43.1 Å². The van der Waals surface area contributed by atoms with Crippen molar-refractivity contribution in [3.63, 3.8) is 0 Å². The summed E-state index contributed by atoms with van der Waals surface area (Å²) in [5.41, 5.74) is 1.78. The third kappa shape index (κ3) is 1.29. The Kier molecular flexibility index (Phi) is 2.08. The molecule has 1 aromatic carbocycles. The summed E-state index contributed by atoms with van der Waals surface area (Å²) in [5.74, 6) is 0. The first-order valence-corrected chi connectivity index (χ1v) is 4.45. The summed E-state index contributed by atoms with van der Waals surface area (Å²) in [4.78, 5) is 0. The second-order valence-corrected chi connectivity index (χ2v) is 3.14. The van der Waals surface area contributed by atoms with E-state index in [2.05, 4.69) is 17.2 Å². The summed E-state index contributed by atoms with van der Waals surface area (Å²) < 4.78 is 2.07. The van der Waals surface area contributed by atoms with Crippen molar-refractivity contribution in [1.82, 2.24) is 4.57 Å². The molecule has 2 heteroatoms. The van der Waals surface area contributed by atoms with Gasteiger partial charge in [0.15, 0.2) is 0 Å². The number of benzene rings is 1. The topological polar surface area (TPSA) is 28.7 Å². The lowest BCUT2D eigenvalue weighted by atomic mass is 10.2. The molecular formula is C12H10N2. The Morgan fingerprint density at radius 1 is 1.43 bits per heavy atom. The summed E-state index contributed by atoms with van der Waals surface area (Å²) >= 11 is 0. The lowest BCUT2D eigenvalue weighted by molar-refractivity contribution is 0.865. The number of fused-ring (bicyclic) bond motifs is 1. The van der Waals surface area contributed by atoms with E-state index in [0.717, 1.165) is 17.4 Å². The molecule has 0 aliphatic carbocycles. The summed E-state index contributed by atoms with van der Waals surface area (Å²) in [5, 5.41) is 9.93. The van der Waals surface area contributed by atoms with E-state index in [1.807, 2.05) is 36.5 Å². The highest BCUT2D eigenvalue weighted by Gasteiger charge is 2.00. The highest BCUT2D eigenvalue weighted by Crippen LogP contribution is 2.17. The van der Waals surface area contributed by atoms with Crippen LogP contribution in [0.2, 0.25) is 0 Å². The first-order chi connectivity index (χ1) is 6.85. The van der Waals surface area contributed by atoms with Crippen LogP contribution < -0.4 is 0 Å². The zero-order chi connectivity index (χ0) is 9.97. The molecule has 0 aliphatic heterocycles. The quantitative estimate of drug-likeness (QED) is 0.656. The maximum atomic E-state index is 8.78. The van der Waals surface area contributed by atoms with Gasteiger partial charge < -0.3 is 4.57 Å². The minimum absolute atomic E-state index is 0.696. The molecule has 0 saturated carbocycles. The van der Waals surface area contributed by atoms with E-state index in [9.17, 15) is 0 Å². The fourth-order valence-corrected chi connectivity index (χ4v) is 1.55. The van der Waals surface area contributed by atoms with E-state index in [1.165, 1.54) is 0 Å². The van der Waals surface area contributed by atoms with E-state index >= 15 is 0 Å². The molecular weight excluding hydrogens is 172 g/mol. The fraction of sp³-hybridized carbons (Fsp3) is 0.0833. The minimum atomic E-state index is 0.696. The maximum Gasteiger partial charge on any atom is 0.0992 e. The molecule has 0 saturated heterocycles. The van der Waals surface area contributed by atoms with Crippen LogP contribution in [0.3, 0.4) is 0 Å². The summed E-state index contributed by atoms with van der Waals surface area (Å²) in [7, 11) is 0. The van der Waals surface area contributed by atoms with Crippen LogP contribution in [0.5, 0.6) is 0 Å². The van der Waals surface area contributed by atoms with Crippen molar-refractivity contribution in [2.45, 2.75) is 6.54 Å². The highest BCUT2D eigenvalue weighted by molar-refractivity contribution is 5.81. The Morgan fingerprint density at radius 2 is 2.29 bits per heavy atom. The van der Waals surface area contributed by atoms with E-state index in [1.54, 1.807) is 0 Å². The summed E-state index contributed by atoms with van der Waals surface area (Å²) in [6.45, 7) is 4.48. The van der Waals surface area contributed by atoms with Gasteiger partial charge in [-0.3, -0.25) is 0 Å². The van der Waals surface area contributed by atoms with E-state index in [4.69, 9.17) is 5.26 Å². The molecule has 0 atom stereocenters. The molecule has 2 rings (SSSR count). The van der Waals surface area contributed by atoms with Gasteiger partial charge in [0.05, 0.1) is 11.6 Å². The van der Waals surface area contributed by atoms with Crippen molar-refractivity contribution in [3.8, 4) is 6.07 Å². The lowest BCUT2D eigenvalue weighted by Gasteiger charge is -2.00. The average molecular weight is 182 g/mol. The molecule has 2 aromatic rings. The van der Waals surface area contributed by atoms with Gasteiger partial charge in [-0.15, -0.1) is 6.58 Å². The van der Waals surface area contributed by atoms with E-state index in [-0.39, 0.29) is 0 Å². The van der Waals surface area contributed by atoms with Crippen molar-refractivity contribution in [2.24, 2.45) is 0 Å². The molecule has 14 heavy (non-hydrogen) atoms. The number of nitrogens with zero attached hydrogens (tertiary/aromatic N) is 2. The van der Waals surface area contributed by atoms with Gasteiger partial charge in [-0.1, -0.05) is 12.1 Å². The zero-order valence-corrected chi connectivity index (χ0v) is 7.77. The molecule has 0 fully saturated rings. The number of hydrogen-bond acceptors (Lipinski definition) is 1. The number of aromatic nitrogens is 1. The smallest absolute Gasteiger partial charge is 0.0992 e. The Hall–Kier alpha value is -2.01. The minimum Gasteiger partial charge on any atom is -0.344 e. The van der Waals surface area contributed by atoms with Crippen molar-refractivity contribution >= 4 is 10.9 Å². The maximum absolute atomic E-state index is 8.78. The molecule has 0 unspecified atom stereocenters. The monoisotopic (exact) mass is 182 g/mol. The molecule has 0 radical (unpaired) electrons.